The molecule has 50 valence electrons. The molecule has 0 fully saturated rings. The molecule has 0 aromatic carbocycles. The zero-order valence-electron chi connectivity index (χ0n) is 5.98. The Morgan fingerprint density at radius 3 is 2.67 bits per heavy atom. The lowest BCUT2D eigenvalue weighted by Crippen LogP contribution is -2.32. The molecule has 1 amide bonds. The lowest BCUT2D eigenvalue weighted by Gasteiger charge is -2.09. The van der Waals surface area contributed by atoms with Crippen LogP contribution in [-0.2, 0) is 4.79 Å². The second-order valence-electron chi connectivity index (χ2n) is 2.10. The average Bonchev–Trinajstić information content (AvgIpc) is 1.63. The molecule has 0 spiro atoms. The Morgan fingerprint density at radius 1 is 1.78 bits per heavy atom. The van der Waals surface area contributed by atoms with Gasteiger partial charge in [-0.2, -0.15) is 0 Å². The predicted molar refractivity (Wildman–Crippen MR) is 38.3 cm³/mol. The molecule has 2 radical (unpaired) electrons. The van der Waals surface area contributed by atoms with Gasteiger partial charge in [0.2, 0.25) is 5.91 Å². The molecule has 0 aliphatic carbocycles. The minimum Gasteiger partial charge on any atom is -0.362 e. The highest BCUT2D eigenvalue weighted by atomic mass is 16.1. The number of carbonyl (C=O) groups is 1. The van der Waals surface area contributed by atoms with E-state index in [2.05, 4.69) is 5.32 Å². The van der Waals surface area contributed by atoms with Gasteiger partial charge in [0.25, 0.3) is 0 Å². The van der Waals surface area contributed by atoms with Gasteiger partial charge in [-0.05, 0) is 12.4 Å². The van der Waals surface area contributed by atoms with E-state index in [-0.39, 0.29) is 11.8 Å². The van der Waals surface area contributed by atoms with E-state index >= 15 is 0 Å². The largest absolute Gasteiger partial charge is 0.362 e. The van der Waals surface area contributed by atoms with E-state index in [9.17, 15) is 4.79 Å². The van der Waals surface area contributed by atoms with Gasteiger partial charge in [0.15, 0.2) is 0 Å². The van der Waals surface area contributed by atoms with Gasteiger partial charge in [0.05, 0.1) is 7.85 Å². The average molecular weight is 125 g/mol. The highest BCUT2D eigenvalue weighted by Crippen LogP contribution is 1.89. The second kappa shape index (κ2) is 4.42. The number of hydrogen-bond donors (Lipinski definition) is 1. The summed E-state index contributed by atoms with van der Waals surface area (Å²) in [5, 5.41) is 2.58. The summed E-state index contributed by atoms with van der Waals surface area (Å²) in [5.74, 6) is -0.219. The van der Waals surface area contributed by atoms with Gasteiger partial charge in [-0.25, -0.2) is 0 Å². The molecule has 9 heavy (non-hydrogen) atoms. The molecule has 0 aromatic rings. The maximum absolute atomic E-state index is 10.3. The van der Waals surface area contributed by atoms with Crippen molar-refractivity contribution in [3.05, 3.63) is 0 Å². The number of carbonyl (C=O) groups excluding carboxylic acids is 1. The van der Waals surface area contributed by atoms with Crippen LogP contribution < -0.4 is 5.32 Å². The molecule has 0 heterocycles. The summed E-state index contributed by atoms with van der Waals surface area (Å²) in [6, 6.07) is 0. The minimum absolute atomic E-state index is 0.0593. The Labute approximate surface area is 57.4 Å². The van der Waals surface area contributed by atoms with Gasteiger partial charge in [-0.3, -0.25) is 4.79 Å². The zero-order valence-corrected chi connectivity index (χ0v) is 5.98. The summed E-state index contributed by atoms with van der Waals surface area (Å²) in [5.41, 5.74) is 0. The summed E-state index contributed by atoms with van der Waals surface area (Å²) in [6.07, 6.45) is 1.85. The third-order valence-electron chi connectivity index (χ3n) is 0.988. The lowest BCUT2D eigenvalue weighted by atomic mass is 9.92. The predicted octanol–water partition coefficient (Wildman–Crippen LogP) is 0.417. The molecule has 0 aliphatic rings. The fourth-order valence-electron chi connectivity index (χ4n) is 0.644. The molecular weight excluding hydrogens is 113 g/mol. The molecule has 0 aliphatic heterocycles. The van der Waals surface area contributed by atoms with Gasteiger partial charge in [-0.15, -0.1) is 0 Å². The van der Waals surface area contributed by atoms with Crippen LogP contribution in [0.2, 0.25) is 0 Å². The molecule has 0 aromatic heterocycles. The van der Waals surface area contributed by atoms with Crippen molar-refractivity contribution in [2.45, 2.75) is 32.6 Å². The summed E-state index contributed by atoms with van der Waals surface area (Å²) in [4.78, 5) is 10.3. The molecule has 3 heteroatoms. The summed E-state index contributed by atoms with van der Waals surface area (Å²) in [7, 11) is 5.45. The Balaban J connectivity index is 3.26. The minimum atomic E-state index is -0.160. The van der Waals surface area contributed by atoms with E-state index in [4.69, 9.17) is 7.85 Å². The number of nitrogens with one attached hydrogen (secondary N) is 1. The van der Waals surface area contributed by atoms with Crippen LogP contribution in [0.3, 0.4) is 0 Å². The van der Waals surface area contributed by atoms with Crippen LogP contribution in [0.1, 0.15) is 26.7 Å². The first-order valence-electron chi connectivity index (χ1n) is 3.19. The van der Waals surface area contributed by atoms with Crippen molar-refractivity contribution in [3.63, 3.8) is 0 Å². The highest BCUT2D eigenvalue weighted by molar-refractivity contribution is 6.12. The first-order valence-corrected chi connectivity index (χ1v) is 3.19. The van der Waals surface area contributed by atoms with Crippen molar-refractivity contribution in [2.24, 2.45) is 0 Å². The van der Waals surface area contributed by atoms with Crippen molar-refractivity contribution < 1.29 is 4.79 Å². The summed E-state index contributed by atoms with van der Waals surface area (Å²) >= 11 is 0. The van der Waals surface area contributed by atoms with Crippen LogP contribution in [0.25, 0.3) is 0 Å². The second-order valence-corrected chi connectivity index (χ2v) is 2.10. The third-order valence-corrected chi connectivity index (χ3v) is 0.988. The Bertz CT molecular complexity index is 95.1. The van der Waals surface area contributed by atoms with Crippen LogP contribution in [0.4, 0.5) is 0 Å². The Hall–Kier alpha value is -0.465. The van der Waals surface area contributed by atoms with Crippen molar-refractivity contribution in [1.29, 1.82) is 0 Å². The van der Waals surface area contributed by atoms with Crippen LogP contribution in [0, 0.1) is 0 Å². The Morgan fingerprint density at radius 2 is 2.33 bits per heavy atom. The molecule has 1 atom stereocenters. The van der Waals surface area contributed by atoms with Crippen LogP contribution in [0.15, 0.2) is 0 Å². The quantitative estimate of drug-likeness (QED) is 0.544. The van der Waals surface area contributed by atoms with Gasteiger partial charge >= 0.3 is 0 Å². The monoisotopic (exact) mass is 125 g/mol. The van der Waals surface area contributed by atoms with Crippen molar-refractivity contribution in [3.8, 4) is 0 Å². The van der Waals surface area contributed by atoms with Crippen molar-refractivity contribution >= 4 is 13.8 Å². The first kappa shape index (κ1) is 8.53. The van der Waals surface area contributed by atoms with Crippen molar-refractivity contribution in [2.75, 3.05) is 0 Å². The van der Waals surface area contributed by atoms with Gasteiger partial charge in [0, 0.05) is 6.92 Å². The van der Waals surface area contributed by atoms with Crippen LogP contribution in [-0.4, -0.2) is 19.7 Å². The van der Waals surface area contributed by atoms with Gasteiger partial charge in [-0.1, -0.05) is 13.3 Å². The van der Waals surface area contributed by atoms with E-state index in [1.165, 1.54) is 6.92 Å². The van der Waals surface area contributed by atoms with Gasteiger partial charge < -0.3 is 5.32 Å². The van der Waals surface area contributed by atoms with E-state index in [1.54, 1.807) is 0 Å². The number of hydrogen-bond acceptors (Lipinski definition) is 1. The molecule has 2 nitrogen and oxygen atoms in total. The molecular formula is C6H12BNO. The first-order chi connectivity index (χ1) is 4.16. The molecule has 0 rings (SSSR count). The molecule has 0 bridgehead atoms. The van der Waals surface area contributed by atoms with E-state index in [0.717, 1.165) is 12.8 Å². The van der Waals surface area contributed by atoms with Crippen molar-refractivity contribution in [1.82, 2.24) is 5.32 Å². The number of rotatable bonds is 3. The molecule has 0 saturated heterocycles. The Kier molecular flexibility index (Phi) is 4.19. The molecule has 0 saturated carbocycles. The SMILES string of the molecule is [B]C(CCC)NC(C)=O. The zero-order chi connectivity index (χ0) is 7.28. The van der Waals surface area contributed by atoms with Crippen LogP contribution in [0.5, 0.6) is 0 Å². The smallest absolute Gasteiger partial charge is 0.216 e. The van der Waals surface area contributed by atoms with E-state index in [1.807, 2.05) is 6.92 Å². The standard InChI is InChI=1S/C6H12BNO/c1-3-4-6(7)8-5(2)9/h6H,3-4H2,1-2H3,(H,8,9). The molecule has 1 unspecified atom stereocenters. The molecule has 1 N–H and O–H groups in total. The topological polar surface area (TPSA) is 29.1 Å². The normalized spacial score (nSPS) is 12.7. The third kappa shape index (κ3) is 5.41. The maximum atomic E-state index is 10.3. The lowest BCUT2D eigenvalue weighted by molar-refractivity contribution is -0.119. The fraction of sp³-hybridized carbons (Fsp3) is 0.833. The number of amides is 1. The van der Waals surface area contributed by atoms with E-state index in [0.29, 0.717) is 0 Å². The fourth-order valence-corrected chi connectivity index (χ4v) is 0.644. The highest BCUT2D eigenvalue weighted by Gasteiger charge is 1.98. The summed E-state index contributed by atoms with van der Waals surface area (Å²) < 4.78 is 0. The summed E-state index contributed by atoms with van der Waals surface area (Å²) in [6.45, 7) is 3.50. The maximum Gasteiger partial charge on any atom is 0.216 e. The van der Waals surface area contributed by atoms with Crippen LogP contribution >= 0.6 is 0 Å². The van der Waals surface area contributed by atoms with E-state index < -0.39 is 0 Å². The van der Waals surface area contributed by atoms with Gasteiger partial charge in [0.1, 0.15) is 0 Å².